The number of nitrogens with one attached hydrogen (secondary N) is 2. The summed E-state index contributed by atoms with van der Waals surface area (Å²) in [6.07, 6.45) is 2.71. The van der Waals surface area contributed by atoms with Crippen molar-refractivity contribution < 1.29 is 8.81 Å². The van der Waals surface area contributed by atoms with Crippen LogP contribution in [0.25, 0.3) is 33.1 Å². The molecule has 0 amide bonds. The summed E-state index contributed by atoms with van der Waals surface area (Å²) in [5.41, 5.74) is 4.51. The molecule has 5 nitrogen and oxygen atoms in total. The zero-order valence-corrected chi connectivity index (χ0v) is 16.7. The number of H-pyrrole nitrogens is 1. The molecular formula is C23H25FN4O. The number of fused-ring (bicyclic) bond motifs is 2. The normalized spacial score (nSPS) is 20.7. The maximum Gasteiger partial charge on any atom is 0.196 e. The van der Waals surface area contributed by atoms with Crippen LogP contribution in [-0.4, -0.2) is 46.6 Å². The number of halogens is 1. The fourth-order valence-corrected chi connectivity index (χ4v) is 4.46. The van der Waals surface area contributed by atoms with Gasteiger partial charge in [-0.1, -0.05) is 6.07 Å². The van der Waals surface area contributed by atoms with Crippen molar-refractivity contribution in [1.82, 2.24) is 20.2 Å². The van der Waals surface area contributed by atoms with Gasteiger partial charge >= 0.3 is 0 Å². The Labute approximate surface area is 168 Å². The van der Waals surface area contributed by atoms with E-state index < -0.39 is 0 Å². The van der Waals surface area contributed by atoms with Gasteiger partial charge in [0.25, 0.3) is 0 Å². The second kappa shape index (κ2) is 7.28. The van der Waals surface area contributed by atoms with Gasteiger partial charge in [0.1, 0.15) is 11.3 Å². The first-order valence-corrected chi connectivity index (χ1v) is 10.2. The van der Waals surface area contributed by atoms with Crippen LogP contribution >= 0.6 is 0 Å². The summed E-state index contributed by atoms with van der Waals surface area (Å²) in [6.45, 7) is 7.50. The van der Waals surface area contributed by atoms with Crippen molar-refractivity contribution >= 4 is 22.0 Å². The molecule has 150 valence electrons. The quantitative estimate of drug-likeness (QED) is 0.542. The molecule has 2 atom stereocenters. The molecule has 1 aliphatic heterocycles. The van der Waals surface area contributed by atoms with E-state index in [4.69, 9.17) is 4.42 Å². The summed E-state index contributed by atoms with van der Waals surface area (Å²) in [4.78, 5) is 10.3. The van der Waals surface area contributed by atoms with Gasteiger partial charge in [0.2, 0.25) is 0 Å². The predicted molar refractivity (Wildman–Crippen MR) is 113 cm³/mol. The van der Waals surface area contributed by atoms with Crippen LogP contribution in [0.1, 0.15) is 19.7 Å². The fourth-order valence-electron chi connectivity index (χ4n) is 4.46. The molecule has 6 heteroatoms. The number of benzene rings is 2. The minimum Gasteiger partial charge on any atom is -0.441 e. The van der Waals surface area contributed by atoms with Crippen molar-refractivity contribution in [2.75, 3.05) is 19.6 Å². The van der Waals surface area contributed by atoms with Gasteiger partial charge in [-0.15, -0.1) is 0 Å². The maximum atomic E-state index is 13.5. The summed E-state index contributed by atoms with van der Waals surface area (Å²) < 4.78 is 19.5. The molecular weight excluding hydrogens is 367 g/mol. The molecule has 5 rings (SSSR count). The highest BCUT2D eigenvalue weighted by atomic mass is 19.1. The molecule has 0 radical (unpaired) electrons. The van der Waals surface area contributed by atoms with E-state index in [1.54, 1.807) is 0 Å². The first kappa shape index (κ1) is 18.3. The second-order valence-electron chi connectivity index (χ2n) is 8.16. The van der Waals surface area contributed by atoms with Crippen LogP contribution in [0.3, 0.4) is 0 Å². The average molecular weight is 392 g/mol. The van der Waals surface area contributed by atoms with Crippen LogP contribution in [0.4, 0.5) is 4.39 Å². The van der Waals surface area contributed by atoms with Gasteiger partial charge in [0.05, 0.1) is 0 Å². The number of aromatic amines is 1. The van der Waals surface area contributed by atoms with Gasteiger partial charge in [0, 0.05) is 60.8 Å². The van der Waals surface area contributed by atoms with Crippen molar-refractivity contribution in [3.05, 3.63) is 54.3 Å². The van der Waals surface area contributed by atoms with Gasteiger partial charge in [-0.25, -0.2) is 9.37 Å². The molecule has 0 spiro atoms. The highest BCUT2D eigenvalue weighted by Gasteiger charge is 2.21. The molecule has 4 aromatic rings. The lowest BCUT2D eigenvalue weighted by atomic mass is 10.0. The molecule has 0 bridgehead atoms. The molecule has 29 heavy (non-hydrogen) atoms. The van der Waals surface area contributed by atoms with Gasteiger partial charge in [-0.3, -0.25) is 4.90 Å². The van der Waals surface area contributed by atoms with Crippen LogP contribution in [0.2, 0.25) is 0 Å². The summed E-state index contributed by atoms with van der Waals surface area (Å²) in [5.74, 6) is 0.534. The van der Waals surface area contributed by atoms with Crippen molar-refractivity contribution in [3.8, 4) is 11.1 Å². The molecule has 0 unspecified atom stereocenters. The highest BCUT2D eigenvalue weighted by molar-refractivity contribution is 5.97. The molecule has 1 saturated heterocycles. The zero-order chi connectivity index (χ0) is 20.0. The predicted octanol–water partition coefficient (Wildman–Crippen LogP) is 4.34. The van der Waals surface area contributed by atoms with Gasteiger partial charge in [0.15, 0.2) is 11.5 Å². The van der Waals surface area contributed by atoms with Crippen molar-refractivity contribution in [3.63, 3.8) is 0 Å². The Hall–Kier alpha value is -2.70. The third kappa shape index (κ3) is 3.66. The first-order chi connectivity index (χ1) is 14.0. The van der Waals surface area contributed by atoms with Crippen molar-refractivity contribution in [2.24, 2.45) is 0 Å². The Balaban J connectivity index is 1.37. The largest absolute Gasteiger partial charge is 0.441 e. The minimum atomic E-state index is -0.241. The Bertz CT molecular complexity index is 1150. The van der Waals surface area contributed by atoms with E-state index >= 15 is 0 Å². The number of rotatable bonds is 4. The standard InChI is InChI=1S/C23H25FN4O/c1-14-12-28(13-15(2)26-14)8-7-23-27-20-6-3-16(9-22(20)29-23)19-11-25-21-10-17(24)4-5-18(19)21/h3-6,9-11,14-15,25-26H,7-8,12-13H2,1-2H3/t14-,15+. The fraction of sp³-hybridized carbons (Fsp3) is 0.348. The molecule has 0 aliphatic carbocycles. The van der Waals surface area contributed by atoms with Crippen molar-refractivity contribution in [1.29, 1.82) is 0 Å². The molecule has 2 N–H and O–H groups in total. The Morgan fingerprint density at radius 2 is 1.97 bits per heavy atom. The topological polar surface area (TPSA) is 57.1 Å². The van der Waals surface area contributed by atoms with E-state index in [9.17, 15) is 4.39 Å². The summed E-state index contributed by atoms with van der Waals surface area (Å²) in [6, 6.07) is 11.9. The van der Waals surface area contributed by atoms with Crippen LogP contribution in [-0.2, 0) is 6.42 Å². The molecule has 1 fully saturated rings. The lowest BCUT2D eigenvalue weighted by Gasteiger charge is -2.35. The van der Waals surface area contributed by atoms with Crippen LogP contribution < -0.4 is 5.32 Å². The third-order valence-corrected chi connectivity index (χ3v) is 5.66. The maximum absolute atomic E-state index is 13.5. The van der Waals surface area contributed by atoms with Gasteiger partial charge < -0.3 is 14.7 Å². The molecule has 1 aliphatic rings. The first-order valence-electron chi connectivity index (χ1n) is 10.2. The molecule has 2 aromatic heterocycles. The number of hydrogen-bond donors (Lipinski definition) is 2. The number of hydrogen-bond acceptors (Lipinski definition) is 4. The van der Waals surface area contributed by atoms with E-state index in [0.717, 1.165) is 65.1 Å². The summed E-state index contributed by atoms with van der Waals surface area (Å²) in [5, 5.41) is 4.55. The van der Waals surface area contributed by atoms with Crippen molar-refractivity contribution in [2.45, 2.75) is 32.4 Å². The van der Waals surface area contributed by atoms with Crippen LogP contribution in [0, 0.1) is 5.82 Å². The van der Waals surface area contributed by atoms with E-state index in [2.05, 4.69) is 34.0 Å². The zero-order valence-electron chi connectivity index (χ0n) is 16.7. The SMILES string of the molecule is C[C@@H]1CN(CCc2nc3ccc(-c4c[nH]c5cc(F)ccc45)cc3o2)C[C@H](C)N1. The third-order valence-electron chi connectivity index (χ3n) is 5.66. The number of nitrogens with zero attached hydrogens (tertiary/aromatic N) is 2. The second-order valence-corrected chi connectivity index (χ2v) is 8.16. The summed E-state index contributed by atoms with van der Waals surface area (Å²) >= 11 is 0. The Morgan fingerprint density at radius 1 is 1.14 bits per heavy atom. The van der Waals surface area contributed by atoms with Crippen LogP contribution in [0.15, 0.2) is 47.0 Å². The lowest BCUT2D eigenvalue weighted by molar-refractivity contribution is 0.172. The molecule has 2 aromatic carbocycles. The number of oxazole rings is 1. The lowest BCUT2D eigenvalue weighted by Crippen LogP contribution is -2.54. The summed E-state index contributed by atoms with van der Waals surface area (Å²) in [7, 11) is 0. The van der Waals surface area contributed by atoms with E-state index in [-0.39, 0.29) is 5.82 Å². The smallest absolute Gasteiger partial charge is 0.196 e. The van der Waals surface area contributed by atoms with E-state index in [0.29, 0.717) is 12.1 Å². The highest BCUT2D eigenvalue weighted by Crippen LogP contribution is 2.31. The molecule has 3 heterocycles. The number of piperazine rings is 1. The molecule has 0 saturated carbocycles. The Kier molecular flexibility index (Phi) is 4.60. The van der Waals surface area contributed by atoms with E-state index in [1.807, 2.05) is 30.5 Å². The van der Waals surface area contributed by atoms with Crippen LogP contribution in [0.5, 0.6) is 0 Å². The monoisotopic (exact) mass is 392 g/mol. The minimum absolute atomic E-state index is 0.241. The number of aromatic nitrogens is 2. The van der Waals surface area contributed by atoms with Gasteiger partial charge in [-0.2, -0.15) is 0 Å². The average Bonchev–Trinajstić information content (AvgIpc) is 3.28. The Morgan fingerprint density at radius 3 is 2.79 bits per heavy atom. The van der Waals surface area contributed by atoms with Gasteiger partial charge in [-0.05, 0) is 49.7 Å². The van der Waals surface area contributed by atoms with E-state index in [1.165, 1.54) is 12.1 Å².